The molecule has 0 spiro atoms. The highest BCUT2D eigenvalue weighted by Crippen LogP contribution is 2.30. The van der Waals surface area contributed by atoms with Gasteiger partial charge in [0.2, 0.25) is 0 Å². The standard InChI is InChI=1S/C10H11FN2O6/c11-6-7(16)5(3-15)19-9(6)13-1-4(2-14)8(17)12-10(13)18/h1-2,5-7,9,15-16H,3H2,(H,12,17,18)/t5-,6-,7-,9-/m1/s1. The van der Waals surface area contributed by atoms with Gasteiger partial charge in [-0.25, -0.2) is 9.18 Å². The first kappa shape index (κ1) is 13.6. The minimum Gasteiger partial charge on any atom is -0.394 e. The molecule has 4 atom stereocenters. The molecule has 1 aliphatic heterocycles. The predicted molar refractivity (Wildman–Crippen MR) is 58.6 cm³/mol. The van der Waals surface area contributed by atoms with Crippen molar-refractivity contribution in [3.05, 3.63) is 32.6 Å². The van der Waals surface area contributed by atoms with E-state index in [-0.39, 0.29) is 11.8 Å². The van der Waals surface area contributed by atoms with Crippen LogP contribution in [0.3, 0.4) is 0 Å². The number of aromatic amines is 1. The molecule has 0 aromatic carbocycles. The number of ether oxygens (including phenoxy) is 1. The van der Waals surface area contributed by atoms with Gasteiger partial charge in [-0.15, -0.1) is 0 Å². The summed E-state index contributed by atoms with van der Waals surface area (Å²) in [6.07, 6.45) is -5.23. The van der Waals surface area contributed by atoms with Crippen molar-refractivity contribution in [1.82, 2.24) is 9.55 Å². The maximum absolute atomic E-state index is 13.8. The zero-order chi connectivity index (χ0) is 14.2. The first-order valence-corrected chi connectivity index (χ1v) is 5.38. The molecular formula is C10H11FN2O6. The molecule has 1 aliphatic rings. The topological polar surface area (TPSA) is 122 Å². The van der Waals surface area contributed by atoms with Crippen molar-refractivity contribution < 1.29 is 24.1 Å². The second kappa shape index (κ2) is 5.03. The van der Waals surface area contributed by atoms with E-state index in [4.69, 9.17) is 9.84 Å². The average molecular weight is 274 g/mol. The van der Waals surface area contributed by atoms with Crippen LogP contribution in [0, 0.1) is 0 Å². The Hall–Kier alpha value is -1.84. The lowest BCUT2D eigenvalue weighted by molar-refractivity contribution is -0.0492. The normalized spacial score (nSPS) is 30.5. The molecule has 2 heterocycles. The minimum atomic E-state index is -1.97. The summed E-state index contributed by atoms with van der Waals surface area (Å²) in [6.45, 7) is -0.628. The van der Waals surface area contributed by atoms with Gasteiger partial charge in [-0.05, 0) is 0 Å². The highest BCUT2D eigenvalue weighted by atomic mass is 19.1. The highest BCUT2D eigenvalue weighted by molar-refractivity contribution is 5.73. The number of hydrogen-bond acceptors (Lipinski definition) is 6. The van der Waals surface area contributed by atoms with Crippen LogP contribution in [0.25, 0.3) is 0 Å². The van der Waals surface area contributed by atoms with Gasteiger partial charge in [0.05, 0.1) is 12.2 Å². The van der Waals surface area contributed by atoms with Crippen molar-refractivity contribution in [2.24, 2.45) is 0 Å². The van der Waals surface area contributed by atoms with Gasteiger partial charge in [-0.2, -0.15) is 0 Å². The summed E-state index contributed by atoms with van der Waals surface area (Å²) < 4.78 is 19.4. The number of rotatable bonds is 3. The van der Waals surface area contributed by atoms with Crippen LogP contribution in [0.5, 0.6) is 0 Å². The van der Waals surface area contributed by atoms with Gasteiger partial charge in [0.25, 0.3) is 5.56 Å². The van der Waals surface area contributed by atoms with E-state index in [0.717, 1.165) is 6.20 Å². The molecule has 0 radical (unpaired) electrons. The lowest BCUT2D eigenvalue weighted by Gasteiger charge is -2.15. The van der Waals surface area contributed by atoms with E-state index in [2.05, 4.69) is 0 Å². The SMILES string of the molecule is O=Cc1cn([C@@H]2O[C@H](CO)[C@@H](O)[C@H]2F)c(=O)[nH]c1=O. The van der Waals surface area contributed by atoms with Crippen molar-refractivity contribution in [1.29, 1.82) is 0 Å². The number of halogens is 1. The molecule has 104 valence electrons. The Bertz CT molecular complexity index is 596. The summed E-state index contributed by atoms with van der Waals surface area (Å²) in [7, 11) is 0. The third-order valence-corrected chi connectivity index (χ3v) is 2.87. The van der Waals surface area contributed by atoms with Crippen molar-refractivity contribution in [2.45, 2.75) is 24.6 Å². The van der Waals surface area contributed by atoms with E-state index in [1.807, 2.05) is 4.98 Å². The van der Waals surface area contributed by atoms with Gasteiger partial charge >= 0.3 is 5.69 Å². The van der Waals surface area contributed by atoms with Gasteiger partial charge in [0, 0.05) is 6.20 Å². The number of carbonyl (C=O) groups excluding carboxylic acids is 1. The van der Waals surface area contributed by atoms with Crippen LogP contribution in [0.15, 0.2) is 15.8 Å². The monoisotopic (exact) mass is 274 g/mol. The van der Waals surface area contributed by atoms with Gasteiger partial charge in [0.15, 0.2) is 18.7 Å². The smallest absolute Gasteiger partial charge is 0.330 e. The van der Waals surface area contributed by atoms with Gasteiger partial charge < -0.3 is 14.9 Å². The molecule has 0 unspecified atom stereocenters. The number of carbonyl (C=O) groups is 1. The predicted octanol–water partition coefficient (Wildman–Crippen LogP) is -2.06. The zero-order valence-corrected chi connectivity index (χ0v) is 9.52. The Labute approximate surface area is 105 Å². The van der Waals surface area contributed by atoms with Gasteiger partial charge in [-0.3, -0.25) is 19.1 Å². The van der Waals surface area contributed by atoms with Crippen LogP contribution in [0.2, 0.25) is 0 Å². The van der Waals surface area contributed by atoms with Crippen molar-refractivity contribution in [2.75, 3.05) is 6.61 Å². The molecule has 0 bridgehead atoms. The van der Waals surface area contributed by atoms with Crippen LogP contribution >= 0.6 is 0 Å². The maximum atomic E-state index is 13.8. The summed E-state index contributed by atoms with van der Waals surface area (Å²) >= 11 is 0. The molecule has 0 saturated carbocycles. The van der Waals surface area contributed by atoms with Crippen LogP contribution in [0.4, 0.5) is 4.39 Å². The lowest BCUT2D eigenvalue weighted by Crippen LogP contribution is -2.37. The van der Waals surface area contributed by atoms with E-state index in [0.29, 0.717) is 4.57 Å². The number of hydrogen-bond donors (Lipinski definition) is 3. The quantitative estimate of drug-likeness (QED) is 0.545. The number of nitrogens with zero attached hydrogens (tertiary/aromatic N) is 1. The van der Waals surface area contributed by atoms with Gasteiger partial charge in [0.1, 0.15) is 12.2 Å². The van der Waals surface area contributed by atoms with Crippen LogP contribution in [-0.4, -0.2) is 51.0 Å². The Balaban J connectivity index is 2.46. The lowest BCUT2D eigenvalue weighted by atomic mass is 10.1. The van der Waals surface area contributed by atoms with E-state index in [1.165, 1.54) is 0 Å². The van der Waals surface area contributed by atoms with Crippen LogP contribution in [0.1, 0.15) is 16.6 Å². The Morgan fingerprint density at radius 3 is 2.74 bits per heavy atom. The average Bonchev–Trinajstić information content (AvgIpc) is 2.67. The van der Waals surface area contributed by atoms with Crippen molar-refractivity contribution in [3.8, 4) is 0 Å². The first-order chi connectivity index (χ1) is 8.99. The second-order valence-electron chi connectivity index (χ2n) is 4.05. The third-order valence-electron chi connectivity index (χ3n) is 2.87. The Kier molecular flexibility index (Phi) is 3.60. The summed E-state index contributed by atoms with van der Waals surface area (Å²) in [4.78, 5) is 35.2. The van der Waals surface area contributed by atoms with Crippen molar-refractivity contribution in [3.63, 3.8) is 0 Å². The summed E-state index contributed by atoms with van der Waals surface area (Å²) in [5, 5.41) is 18.3. The highest BCUT2D eigenvalue weighted by Gasteiger charge is 2.45. The number of H-pyrrole nitrogens is 1. The largest absolute Gasteiger partial charge is 0.394 e. The maximum Gasteiger partial charge on any atom is 0.330 e. The van der Waals surface area contributed by atoms with E-state index >= 15 is 0 Å². The number of aliphatic hydroxyl groups is 2. The molecule has 9 heteroatoms. The fourth-order valence-electron chi connectivity index (χ4n) is 1.85. The molecule has 1 saturated heterocycles. The molecule has 2 rings (SSSR count). The third kappa shape index (κ3) is 2.23. The fourth-order valence-corrected chi connectivity index (χ4v) is 1.85. The molecule has 3 N–H and O–H groups in total. The first-order valence-electron chi connectivity index (χ1n) is 5.38. The second-order valence-corrected chi connectivity index (χ2v) is 4.05. The minimum absolute atomic E-state index is 0.205. The Morgan fingerprint density at radius 1 is 1.53 bits per heavy atom. The van der Waals surface area contributed by atoms with Gasteiger partial charge in [-0.1, -0.05) is 0 Å². The number of alkyl halides is 1. The molecule has 1 fully saturated rings. The molecule has 0 aliphatic carbocycles. The molecule has 8 nitrogen and oxygen atoms in total. The Morgan fingerprint density at radius 2 is 2.21 bits per heavy atom. The van der Waals surface area contributed by atoms with E-state index in [1.54, 1.807) is 0 Å². The molecule has 19 heavy (non-hydrogen) atoms. The zero-order valence-electron chi connectivity index (χ0n) is 9.52. The van der Waals surface area contributed by atoms with Crippen LogP contribution < -0.4 is 11.2 Å². The summed E-state index contributed by atoms with van der Waals surface area (Å²) in [5.41, 5.74) is -2.25. The summed E-state index contributed by atoms with van der Waals surface area (Å²) in [6, 6.07) is 0. The molecule has 0 amide bonds. The molecule has 1 aromatic heterocycles. The number of aliphatic hydroxyl groups excluding tert-OH is 2. The van der Waals surface area contributed by atoms with Crippen molar-refractivity contribution >= 4 is 6.29 Å². The van der Waals surface area contributed by atoms with Crippen LogP contribution in [-0.2, 0) is 4.74 Å². The number of nitrogens with one attached hydrogen (secondary N) is 1. The number of aldehydes is 1. The summed E-state index contributed by atoms with van der Waals surface area (Å²) in [5.74, 6) is 0. The van der Waals surface area contributed by atoms with E-state index in [9.17, 15) is 23.9 Å². The fraction of sp³-hybridized carbons (Fsp3) is 0.500. The molecule has 1 aromatic rings. The molecular weight excluding hydrogens is 263 g/mol. The number of aromatic nitrogens is 2. The van der Waals surface area contributed by atoms with E-state index < -0.39 is 42.5 Å².